The highest BCUT2D eigenvalue weighted by Crippen LogP contribution is 2.25. The van der Waals surface area contributed by atoms with Crippen molar-refractivity contribution >= 4 is 23.5 Å². The van der Waals surface area contributed by atoms with Crippen LogP contribution in [0.15, 0.2) is 59.4 Å². The average molecular weight is 395 g/mol. The van der Waals surface area contributed by atoms with Crippen LogP contribution >= 0.6 is 11.6 Å². The van der Waals surface area contributed by atoms with E-state index in [1.807, 2.05) is 18.2 Å². The number of carbonyl (C=O) groups is 1. The van der Waals surface area contributed by atoms with Crippen LogP contribution in [0.4, 0.5) is 5.95 Å². The Hall–Kier alpha value is -3.52. The summed E-state index contributed by atoms with van der Waals surface area (Å²) in [5.74, 6) is 1.09. The van der Waals surface area contributed by atoms with E-state index in [-0.39, 0.29) is 11.6 Å². The van der Waals surface area contributed by atoms with E-state index in [2.05, 4.69) is 20.3 Å². The molecule has 0 atom stereocenters. The van der Waals surface area contributed by atoms with E-state index < -0.39 is 0 Å². The number of hydrogen-bond donors (Lipinski definition) is 0. The van der Waals surface area contributed by atoms with Gasteiger partial charge in [0.15, 0.2) is 17.3 Å². The van der Waals surface area contributed by atoms with Gasteiger partial charge in [-0.3, -0.25) is 19.2 Å². The van der Waals surface area contributed by atoms with Crippen molar-refractivity contribution in [1.29, 1.82) is 0 Å². The highest BCUT2D eigenvalue weighted by molar-refractivity contribution is 6.30. The number of anilines is 1. The summed E-state index contributed by atoms with van der Waals surface area (Å²) in [7, 11) is 3.39. The van der Waals surface area contributed by atoms with Gasteiger partial charge in [0, 0.05) is 48.7 Å². The Labute approximate surface area is 165 Å². The smallest absolute Gasteiger partial charge is 0.282 e. The second-order valence-corrected chi connectivity index (χ2v) is 6.51. The van der Waals surface area contributed by atoms with Crippen LogP contribution in [0.5, 0.6) is 0 Å². The Bertz CT molecular complexity index is 1140. The summed E-state index contributed by atoms with van der Waals surface area (Å²) in [6.45, 7) is 0. The zero-order chi connectivity index (χ0) is 19.7. The largest absolute Gasteiger partial charge is 0.355 e. The summed E-state index contributed by atoms with van der Waals surface area (Å²) in [6.07, 6.45) is 3.34. The van der Waals surface area contributed by atoms with Gasteiger partial charge in [-0.15, -0.1) is 10.2 Å². The molecule has 1 aromatic carbocycles. The Morgan fingerprint density at radius 1 is 1.11 bits per heavy atom. The lowest BCUT2D eigenvalue weighted by Crippen LogP contribution is -2.29. The highest BCUT2D eigenvalue weighted by atomic mass is 35.5. The lowest BCUT2D eigenvalue weighted by Gasteiger charge is -2.14. The summed E-state index contributed by atoms with van der Waals surface area (Å²) < 4.78 is 7.04. The fraction of sp³-hybridized carbons (Fsp3) is 0.105. The van der Waals surface area contributed by atoms with Crippen LogP contribution in [0.2, 0.25) is 5.02 Å². The molecule has 0 spiro atoms. The van der Waals surface area contributed by atoms with Crippen LogP contribution in [0.3, 0.4) is 0 Å². The maximum absolute atomic E-state index is 12.8. The number of carbonyl (C=O) groups excluding carboxylic acids is 1. The number of halogens is 1. The van der Waals surface area contributed by atoms with E-state index in [1.165, 1.54) is 4.90 Å². The molecule has 0 aliphatic heterocycles. The van der Waals surface area contributed by atoms with E-state index in [1.54, 1.807) is 55.3 Å². The van der Waals surface area contributed by atoms with E-state index >= 15 is 0 Å². The van der Waals surface area contributed by atoms with Crippen molar-refractivity contribution < 1.29 is 9.32 Å². The second kappa shape index (κ2) is 7.24. The van der Waals surface area contributed by atoms with Crippen molar-refractivity contribution in [1.82, 2.24) is 24.9 Å². The zero-order valence-corrected chi connectivity index (χ0v) is 15.8. The minimum Gasteiger partial charge on any atom is -0.355 e. The Morgan fingerprint density at radius 3 is 2.64 bits per heavy atom. The van der Waals surface area contributed by atoms with Gasteiger partial charge in [-0.1, -0.05) is 28.9 Å². The molecule has 4 aromatic rings. The molecule has 0 saturated heterocycles. The summed E-state index contributed by atoms with van der Waals surface area (Å²) in [6, 6.07) is 12.3. The fourth-order valence-corrected chi connectivity index (χ4v) is 2.97. The van der Waals surface area contributed by atoms with Crippen LogP contribution < -0.4 is 4.90 Å². The number of aromatic nitrogens is 5. The molecule has 0 aliphatic carbocycles. The SMILES string of the molecule is CN(C(=O)c1cc(-c2cccc(Cl)c2)on1)c1nnc(-c2ccncc2)n1C. The molecule has 0 aliphatic rings. The first-order valence-corrected chi connectivity index (χ1v) is 8.73. The molecule has 0 radical (unpaired) electrons. The van der Waals surface area contributed by atoms with Gasteiger partial charge >= 0.3 is 0 Å². The molecule has 3 aromatic heterocycles. The number of amides is 1. The molecular weight excluding hydrogens is 380 g/mol. The minimum atomic E-state index is -0.367. The van der Waals surface area contributed by atoms with Crippen LogP contribution in [-0.2, 0) is 7.05 Å². The van der Waals surface area contributed by atoms with Crippen molar-refractivity contribution in [2.75, 3.05) is 11.9 Å². The third-order valence-corrected chi connectivity index (χ3v) is 4.47. The van der Waals surface area contributed by atoms with E-state index in [9.17, 15) is 4.79 Å². The Morgan fingerprint density at radius 2 is 1.89 bits per heavy atom. The summed E-state index contributed by atoms with van der Waals surface area (Å²) >= 11 is 6.01. The van der Waals surface area contributed by atoms with Gasteiger partial charge in [0.05, 0.1) is 0 Å². The van der Waals surface area contributed by atoms with Crippen molar-refractivity contribution in [3.8, 4) is 22.7 Å². The maximum atomic E-state index is 12.8. The molecule has 0 N–H and O–H groups in total. The first kappa shape index (κ1) is 17.9. The van der Waals surface area contributed by atoms with Gasteiger partial charge in [-0.05, 0) is 24.3 Å². The van der Waals surface area contributed by atoms with Crippen molar-refractivity contribution in [3.63, 3.8) is 0 Å². The molecule has 1 amide bonds. The molecule has 0 fully saturated rings. The van der Waals surface area contributed by atoms with Gasteiger partial charge in [-0.2, -0.15) is 0 Å². The van der Waals surface area contributed by atoms with Crippen molar-refractivity contribution in [2.24, 2.45) is 7.05 Å². The van der Waals surface area contributed by atoms with Gasteiger partial charge in [-0.25, -0.2) is 0 Å². The number of pyridine rings is 1. The first-order valence-electron chi connectivity index (χ1n) is 8.35. The normalized spacial score (nSPS) is 10.8. The van der Waals surface area contributed by atoms with Crippen molar-refractivity contribution in [2.45, 2.75) is 0 Å². The number of rotatable bonds is 4. The van der Waals surface area contributed by atoms with Crippen molar-refractivity contribution in [3.05, 3.63) is 65.6 Å². The van der Waals surface area contributed by atoms with Crippen LogP contribution in [0.25, 0.3) is 22.7 Å². The molecule has 28 heavy (non-hydrogen) atoms. The molecule has 140 valence electrons. The van der Waals surface area contributed by atoms with Gasteiger partial charge < -0.3 is 4.52 Å². The summed E-state index contributed by atoms with van der Waals surface area (Å²) in [5.41, 5.74) is 1.74. The lowest BCUT2D eigenvalue weighted by atomic mass is 10.1. The van der Waals surface area contributed by atoms with Gasteiger partial charge in [0.1, 0.15) is 0 Å². The van der Waals surface area contributed by atoms with E-state index in [4.69, 9.17) is 16.1 Å². The van der Waals surface area contributed by atoms with Crippen LogP contribution in [-0.4, -0.2) is 37.9 Å². The summed E-state index contributed by atoms with van der Waals surface area (Å²) in [5, 5.41) is 12.8. The predicted molar refractivity (Wildman–Crippen MR) is 104 cm³/mol. The third kappa shape index (κ3) is 3.25. The molecule has 8 nitrogen and oxygen atoms in total. The molecule has 0 bridgehead atoms. The fourth-order valence-electron chi connectivity index (χ4n) is 2.78. The quantitative estimate of drug-likeness (QED) is 0.526. The van der Waals surface area contributed by atoms with E-state index in [0.29, 0.717) is 22.6 Å². The van der Waals surface area contributed by atoms with Gasteiger partial charge in [0.2, 0.25) is 5.95 Å². The molecule has 0 unspecified atom stereocenters. The minimum absolute atomic E-state index is 0.158. The molecule has 4 rings (SSSR count). The average Bonchev–Trinajstić information content (AvgIpc) is 3.35. The molecule has 3 heterocycles. The Balaban J connectivity index is 1.60. The monoisotopic (exact) mass is 394 g/mol. The van der Waals surface area contributed by atoms with Gasteiger partial charge in [0.25, 0.3) is 5.91 Å². The molecule has 0 saturated carbocycles. The van der Waals surface area contributed by atoms with E-state index in [0.717, 1.165) is 11.1 Å². The Kier molecular flexibility index (Phi) is 4.62. The zero-order valence-electron chi connectivity index (χ0n) is 15.1. The third-order valence-electron chi connectivity index (χ3n) is 4.23. The predicted octanol–water partition coefficient (Wildman–Crippen LogP) is 3.46. The molecule has 9 heteroatoms. The number of nitrogens with zero attached hydrogens (tertiary/aromatic N) is 6. The highest BCUT2D eigenvalue weighted by Gasteiger charge is 2.23. The van der Waals surface area contributed by atoms with Crippen LogP contribution in [0, 0.1) is 0 Å². The lowest BCUT2D eigenvalue weighted by molar-refractivity contribution is 0.0982. The topological polar surface area (TPSA) is 89.9 Å². The maximum Gasteiger partial charge on any atom is 0.282 e. The standard InChI is InChI=1S/C19H15ClN6O2/c1-25-17(12-6-8-21-9-7-12)22-23-19(25)26(2)18(27)15-11-16(28-24-15)13-4-3-5-14(20)10-13/h3-11H,1-2H3. The number of hydrogen-bond acceptors (Lipinski definition) is 6. The first-order chi connectivity index (χ1) is 13.5. The number of benzene rings is 1. The molecular formula is C19H15ClN6O2. The van der Waals surface area contributed by atoms with Crippen LogP contribution in [0.1, 0.15) is 10.5 Å². The second-order valence-electron chi connectivity index (χ2n) is 6.07. The summed E-state index contributed by atoms with van der Waals surface area (Å²) in [4.78, 5) is 18.2.